The summed E-state index contributed by atoms with van der Waals surface area (Å²) < 4.78 is 5.56. The molecular formula is C16H25NO3. The van der Waals surface area contributed by atoms with Crippen LogP contribution in [-0.2, 0) is 4.79 Å². The Morgan fingerprint density at radius 1 is 1.30 bits per heavy atom. The Morgan fingerprint density at radius 3 is 2.45 bits per heavy atom. The molecule has 0 saturated carbocycles. The van der Waals surface area contributed by atoms with E-state index in [4.69, 9.17) is 4.74 Å². The smallest absolute Gasteiger partial charge is 0.260 e. The van der Waals surface area contributed by atoms with E-state index in [9.17, 15) is 9.90 Å². The van der Waals surface area contributed by atoms with Gasteiger partial charge < -0.3 is 15.2 Å². The van der Waals surface area contributed by atoms with Crippen molar-refractivity contribution in [2.24, 2.45) is 5.92 Å². The molecule has 0 heterocycles. The van der Waals surface area contributed by atoms with Crippen LogP contribution in [0.2, 0.25) is 0 Å². The topological polar surface area (TPSA) is 58.6 Å². The van der Waals surface area contributed by atoms with E-state index in [1.165, 1.54) is 0 Å². The molecule has 20 heavy (non-hydrogen) atoms. The van der Waals surface area contributed by atoms with Gasteiger partial charge in [-0.2, -0.15) is 0 Å². The molecule has 0 spiro atoms. The summed E-state index contributed by atoms with van der Waals surface area (Å²) >= 11 is 0. The molecule has 1 amide bonds. The van der Waals surface area contributed by atoms with Gasteiger partial charge in [-0.1, -0.05) is 38.0 Å². The van der Waals surface area contributed by atoms with Crippen LogP contribution in [0.5, 0.6) is 5.75 Å². The number of nitrogens with one attached hydrogen (secondary N) is 1. The molecule has 3 unspecified atom stereocenters. The van der Waals surface area contributed by atoms with Crippen molar-refractivity contribution in [3.63, 3.8) is 0 Å². The van der Waals surface area contributed by atoms with E-state index in [0.717, 1.165) is 12.0 Å². The molecule has 112 valence electrons. The normalized spacial score (nSPS) is 15.2. The van der Waals surface area contributed by atoms with E-state index in [-0.39, 0.29) is 18.4 Å². The molecule has 0 aliphatic heterocycles. The number of rotatable bonds is 7. The molecule has 0 radical (unpaired) electrons. The van der Waals surface area contributed by atoms with Crippen LogP contribution < -0.4 is 10.1 Å². The molecular weight excluding hydrogens is 254 g/mol. The second-order valence-corrected chi connectivity index (χ2v) is 5.27. The first-order valence-corrected chi connectivity index (χ1v) is 7.13. The zero-order chi connectivity index (χ0) is 15.1. The molecule has 4 heteroatoms. The molecule has 4 nitrogen and oxygen atoms in total. The Balaban J connectivity index is 2.41. The third kappa shape index (κ3) is 5.21. The monoisotopic (exact) mass is 279 g/mol. The van der Waals surface area contributed by atoms with Gasteiger partial charge in [0.25, 0.3) is 5.91 Å². The number of benzene rings is 1. The Hall–Kier alpha value is -1.55. The molecule has 1 aromatic rings. The molecule has 1 aromatic carbocycles. The van der Waals surface area contributed by atoms with Crippen LogP contribution in [0.25, 0.3) is 0 Å². The molecule has 0 saturated heterocycles. The second-order valence-electron chi connectivity index (χ2n) is 5.27. The van der Waals surface area contributed by atoms with Crippen LogP contribution in [0, 0.1) is 12.8 Å². The average Bonchev–Trinajstić information content (AvgIpc) is 2.45. The highest BCUT2D eigenvalue weighted by Gasteiger charge is 2.18. The number of aliphatic hydroxyl groups is 1. The summed E-state index contributed by atoms with van der Waals surface area (Å²) in [5.41, 5.74) is 1.14. The predicted octanol–water partition coefficient (Wildman–Crippen LogP) is 2.29. The summed E-state index contributed by atoms with van der Waals surface area (Å²) in [6, 6.07) is 7.56. The molecule has 2 N–H and O–H groups in total. The summed E-state index contributed by atoms with van der Waals surface area (Å²) in [6.45, 7) is 7.93. The fourth-order valence-corrected chi connectivity index (χ4v) is 1.70. The van der Waals surface area contributed by atoms with Gasteiger partial charge in [-0.05, 0) is 31.9 Å². The van der Waals surface area contributed by atoms with Gasteiger partial charge >= 0.3 is 0 Å². The summed E-state index contributed by atoms with van der Waals surface area (Å²) in [5, 5.41) is 12.5. The van der Waals surface area contributed by atoms with Gasteiger partial charge in [0.1, 0.15) is 5.75 Å². The zero-order valence-electron chi connectivity index (χ0n) is 12.7. The SMILES string of the molecule is CCC(C)C(O)CNC(=O)C(C)Oc1ccc(C)cc1. The number of ether oxygens (including phenoxy) is 1. The average molecular weight is 279 g/mol. The van der Waals surface area contributed by atoms with Crippen LogP contribution in [0.3, 0.4) is 0 Å². The van der Waals surface area contributed by atoms with E-state index in [2.05, 4.69) is 5.32 Å². The van der Waals surface area contributed by atoms with Gasteiger partial charge in [0.05, 0.1) is 6.10 Å². The number of carbonyl (C=O) groups is 1. The number of hydrogen-bond acceptors (Lipinski definition) is 3. The summed E-state index contributed by atoms with van der Waals surface area (Å²) in [7, 11) is 0. The number of carbonyl (C=O) groups excluding carboxylic acids is 1. The quantitative estimate of drug-likeness (QED) is 0.805. The van der Waals surface area contributed by atoms with Gasteiger partial charge in [-0.25, -0.2) is 0 Å². The lowest BCUT2D eigenvalue weighted by molar-refractivity contribution is -0.127. The molecule has 0 aliphatic rings. The van der Waals surface area contributed by atoms with Crippen LogP contribution in [-0.4, -0.2) is 29.8 Å². The van der Waals surface area contributed by atoms with E-state index in [1.54, 1.807) is 6.92 Å². The van der Waals surface area contributed by atoms with Gasteiger partial charge in [-0.3, -0.25) is 4.79 Å². The van der Waals surface area contributed by atoms with Crippen molar-refractivity contribution in [2.45, 2.75) is 46.3 Å². The largest absolute Gasteiger partial charge is 0.481 e. The van der Waals surface area contributed by atoms with Gasteiger partial charge in [0.2, 0.25) is 0 Å². The lowest BCUT2D eigenvalue weighted by Gasteiger charge is -2.19. The van der Waals surface area contributed by atoms with Crippen molar-refractivity contribution in [1.82, 2.24) is 5.32 Å². The molecule has 0 bridgehead atoms. The van der Waals surface area contributed by atoms with Gasteiger partial charge in [0, 0.05) is 6.54 Å². The fourth-order valence-electron chi connectivity index (χ4n) is 1.70. The Labute approximate surface area is 121 Å². The van der Waals surface area contributed by atoms with Crippen molar-refractivity contribution in [1.29, 1.82) is 0 Å². The Morgan fingerprint density at radius 2 is 1.90 bits per heavy atom. The minimum Gasteiger partial charge on any atom is -0.481 e. The predicted molar refractivity (Wildman–Crippen MR) is 79.7 cm³/mol. The van der Waals surface area contributed by atoms with Crippen molar-refractivity contribution < 1.29 is 14.6 Å². The highest BCUT2D eigenvalue weighted by atomic mass is 16.5. The van der Waals surface area contributed by atoms with Crippen LogP contribution in [0.15, 0.2) is 24.3 Å². The van der Waals surface area contributed by atoms with Crippen molar-refractivity contribution in [3.8, 4) is 5.75 Å². The molecule has 0 aliphatic carbocycles. The molecule has 1 rings (SSSR count). The second kappa shape index (κ2) is 7.90. The van der Waals surface area contributed by atoms with Crippen LogP contribution >= 0.6 is 0 Å². The maximum atomic E-state index is 11.9. The third-order valence-electron chi connectivity index (χ3n) is 3.49. The van der Waals surface area contributed by atoms with Crippen molar-refractivity contribution >= 4 is 5.91 Å². The Bertz CT molecular complexity index is 416. The van der Waals surface area contributed by atoms with E-state index >= 15 is 0 Å². The highest BCUT2D eigenvalue weighted by Crippen LogP contribution is 2.13. The summed E-state index contributed by atoms with van der Waals surface area (Å²) in [4.78, 5) is 11.9. The lowest BCUT2D eigenvalue weighted by atomic mass is 10.0. The maximum Gasteiger partial charge on any atom is 0.260 e. The standard InChI is InChI=1S/C16H25NO3/c1-5-12(3)15(18)10-17-16(19)13(4)20-14-8-6-11(2)7-9-14/h6-9,12-13,15,18H,5,10H2,1-4H3,(H,17,19). The van der Waals surface area contributed by atoms with Crippen LogP contribution in [0.4, 0.5) is 0 Å². The van der Waals surface area contributed by atoms with Gasteiger partial charge in [-0.15, -0.1) is 0 Å². The van der Waals surface area contributed by atoms with Gasteiger partial charge in [0.15, 0.2) is 6.10 Å². The lowest BCUT2D eigenvalue weighted by Crippen LogP contribution is -2.41. The first kappa shape index (κ1) is 16.5. The number of amides is 1. The molecule has 3 atom stereocenters. The molecule has 0 aromatic heterocycles. The zero-order valence-corrected chi connectivity index (χ0v) is 12.7. The summed E-state index contributed by atoms with van der Waals surface area (Å²) in [6.07, 6.45) is -0.218. The van der Waals surface area contributed by atoms with Crippen molar-refractivity contribution in [2.75, 3.05) is 6.54 Å². The first-order chi connectivity index (χ1) is 9.43. The number of hydrogen-bond donors (Lipinski definition) is 2. The minimum absolute atomic E-state index is 0.170. The molecule has 0 fully saturated rings. The van der Waals surface area contributed by atoms with E-state index < -0.39 is 12.2 Å². The third-order valence-corrected chi connectivity index (χ3v) is 3.49. The summed E-state index contributed by atoms with van der Waals surface area (Å²) in [5.74, 6) is 0.622. The number of aliphatic hydroxyl groups excluding tert-OH is 1. The highest BCUT2D eigenvalue weighted by molar-refractivity contribution is 5.80. The number of aryl methyl sites for hydroxylation is 1. The van der Waals surface area contributed by atoms with E-state index in [0.29, 0.717) is 5.75 Å². The fraction of sp³-hybridized carbons (Fsp3) is 0.562. The Kier molecular flexibility index (Phi) is 6.52. The van der Waals surface area contributed by atoms with E-state index in [1.807, 2.05) is 45.0 Å². The minimum atomic E-state index is -0.582. The maximum absolute atomic E-state index is 11.9. The van der Waals surface area contributed by atoms with Crippen LogP contribution in [0.1, 0.15) is 32.8 Å². The first-order valence-electron chi connectivity index (χ1n) is 7.13. The van der Waals surface area contributed by atoms with Crippen molar-refractivity contribution in [3.05, 3.63) is 29.8 Å².